The van der Waals surface area contributed by atoms with Gasteiger partial charge in [0, 0.05) is 37.0 Å². The Labute approximate surface area is 194 Å². The first-order valence-electron chi connectivity index (χ1n) is 10.2. The normalized spacial score (nSPS) is 12.0. The molecular weight excluding hydrogens is 466 g/mol. The second-order valence-electron chi connectivity index (χ2n) is 6.95. The summed E-state index contributed by atoms with van der Waals surface area (Å²) in [6.07, 6.45) is 0.605. The molecule has 0 atom stereocenters. The lowest BCUT2D eigenvalue weighted by molar-refractivity contribution is 0.0954. The number of fused-ring (bicyclic) bond motifs is 1. The third-order valence-corrected chi connectivity index (χ3v) is 8.81. The molecule has 0 fully saturated rings. The monoisotopic (exact) mass is 489 g/mol. The van der Waals surface area contributed by atoms with Crippen molar-refractivity contribution in [2.24, 2.45) is 0 Å². The molecule has 0 saturated carbocycles. The number of thiophene rings is 1. The fraction of sp³-hybridized carbons (Fsp3) is 0.286. The summed E-state index contributed by atoms with van der Waals surface area (Å²) in [7, 11) is -3.54. The van der Waals surface area contributed by atoms with E-state index in [1.165, 1.54) is 27.8 Å². The van der Waals surface area contributed by atoms with Crippen molar-refractivity contribution in [3.8, 4) is 10.7 Å². The van der Waals surface area contributed by atoms with Crippen molar-refractivity contribution >= 4 is 43.6 Å². The molecule has 168 valence electrons. The highest BCUT2D eigenvalue weighted by atomic mass is 32.2. The predicted molar refractivity (Wildman–Crippen MR) is 127 cm³/mol. The predicted octanol–water partition coefficient (Wildman–Crippen LogP) is 3.52. The fourth-order valence-electron chi connectivity index (χ4n) is 3.30. The second-order valence-corrected chi connectivity index (χ2v) is 10.7. The maximum atomic E-state index is 12.6. The van der Waals surface area contributed by atoms with Gasteiger partial charge < -0.3 is 5.32 Å². The molecule has 4 rings (SSSR count). The molecule has 1 aromatic carbocycles. The molecule has 0 aliphatic carbocycles. The fourth-order valence-corrected chi connectivity index (χ4v) is 6.27. The number of carbonyl (C=O) groups excluding carboxylic acids is 1. The molecular formula is C21H23N5O3S3. The Morgan fingerprint density at radius 1 is 1.12 bits per heavy atom. The first kappa shape index (κ1) is 22.6. The van der Waals surface area contributed by atoms with Crippen LogP contribution in [0.1, 0.15) is 29.9 Å². The third kappa shape index (κ3) is 4.46. The standard InChI is InChI=1S/C21H23N5O3S3/c1-3-25(4-2)32(28,29)17-9-7-15(8-10-17)20(27)22-12-11-16-14-31-21-23-19(24-26(16)21)18-6-5-13-30-18/h5-10,13-14H,3-4,11-12H2,1-2H3,(H,22,27). The maximum Gasteiger partial charge on any atom is 0.251 e. The number of thiazole rings is 1. The number of nitrogens with zero attached hydrogens (tertiary/aromatic N) is 4. The van der Waals surface area contributed by atoms with E-state index in [0.29, 0.717) is 37.4 Å². The summed E-state index contributed by atoms with van der Waals surface area (Å²) in [5.41, 5.74) is 1.39. The van der Waals surface area contributed by atoms with Crippen molar-refractivity contribution < 1.29 is 13.2 Å². The summed E-state index contributed by atoms with van der Waals surface area (Å²) >= 11 is 3.11. The summed E-state index contributed by atoms with van der Waals surface area (Å²) in [4.78, 5) is 19.1. The van der Waals surface area contributed by atoms with Gasteiger partial charge in [0.2, 0.25) is 15.0 Å². The second kappa shape index (κ2) is 9.49. The zero-order valence-electron chi connectivity index (χ0n) is 17.7. The van der Waals surface area contributed by atoms with Crippen molar-refractivity contribution in [1.82, 2.24) is 24.2 Å². The van der Waals surface area contributed by atoms with Crippen LogP contribution in [0, 0.1) is 0 Å². The number of aromatic nitrogens is 3. The minimum absolute atomic E-state index is 0.186. The molecule has 0 radical (unpaired) electrons. The number of rotatable bonds is 9. The lowest BCUT2D eigenvalue weighted by Crippen LogP contribution is -2.30. The van der Waals surface area contributed by atoms with Crippen molar-refractivity contribution in [1.29, 1.82) is 0 Å². The molecule has 0 aliphatic heterocycles. The topological polar surface area (TPSA) is 96.7 Å². The minimum Gasteiger partial charge on any atom is -0.352 e. The van der Waals surface area contributed by atoms with E-state index in [0.717, 1.165) is 15.5 Å². The van der Waals surface area contributed by atoms with Gasteiger partial charge in [0.25, 0.3) is 5.91 Å². The van der Waals surface area contributed by atoms with Crippen molar-refractivity contribution in [3.63, 3.8) is 0 Å². The van der Waals surface area contributed by atoms with Crippen LogP contribution in [0.3, 0.4) is 0 Å². The summed E-state index contributed by atoms with van der Waals surface area (Å²) in [6.45, 7) is 4.83. The van der Waals surface area contributed by atoms with Crippen LogP contribution in [-0.2, 0) is 16.4 Å². The summed E-state index contributed by atoms with van der Waals surface area (Å²) in [5.74, 6) is 0.456. The Morgan fingerprint density at radius 3 is 2.53 bits per heavy atom. The van der Waals surface area contributed by atoms with E-state index < -0.39 is 10.0 Å². The smallest absolute Gasteiger partial charge is 0.251 e. The van der Waals surface area contributed by atoms with Gasteiger partial charge in [-0.1, -0.05) is 19.9 Å². The molecule has 8 nitrogen and oxygen atoms in total. The van der Waals surface area contributed by atoms with E-state index in [2.05, 4.69) is 15.4 Å². The number of benzene rings is 1. The average molecular weight is 490 g/mol. The maximum absolute atomic E-state index is 12.6. The number of sulfonamides is 1. The van der Waals surface area contributed by atoms with E-state index in [9.17, 15) is 13.2 Å². The summed E-state index contributed by atoms with van der Waals surface area (Å²) < 4.78 is 28.4. The van der Waals surface area contributed by atoms with Gasteiger partial charge in [-0.05, 0) is 35.7 Å². The Kier molecular flexibility index (Phi) is 6.70. The van der Waals surface area contributed by atoms with Gasteiger partial charge in [-0.25, -0.2) is 12.9 Å². The van der Waals surface area contributed by atoms with Gasteiger partial charge in [-0.2, -0.15) is 9.29 Å². The highest BCUT2D eigenvalue weighted by molar-refractivity contribution is 7.89. The first-order chi connectivity index (χ1) is 15.4. The zero-order chi connectivity index (χ0) is 22.7. The van der Waals surface area contributed by atoms with Gasteiger partial charge in [-0.15, -0.1) is 27.8 Å². The van der Waals surface area contributed by atoms with Crippen LogP contribution in [-0.4, -0.2) is 52.9 Å². The number of amides is 1. The summed E-state index contributed by atoms with van der Waals surface area (Å²) in [5, 5.41) is 11.5. The molecule has 0 saturated heterocycles. The number of hydrogen-bond donors (Lipinski definition) is 1. The van der Waals surface area contributed by atoms with Crippen LogP contribution in [0.25, 0.3) is 15.7 Å². The average Bonchev–Trinajstić information content (AvgIpc) is 3.52. The van der Waals surface area contributed by atoms with E-state index in [-0.39, 0.29) is 10.8 Å². The van der Waals surface area contributed by atoms with Crippen LogP contribution < -0.4 is 5.32 Å². The highest BCUT2D eigenvalue weighted by Crippen LogP contribution is 2.24. The van der Waals surface area contributed by atoms with Gasteiger partial charge in [0.15, 0.2) is 5.82 Å². The van der Waals surface area contributed by atoms with Gasteiger partial charge in [0.1, 0.15) is 0 Å². The molecule has 0 bridgehead atoms. The van der Waals surface area contributed by atoms with Crippen LogP contribution in [0.2, 0.25) is 0 Å². The molecule has 4 aromatic rings. The van der Waals surface area contributed by atoms with Crippen LogP contribution >= 0.6 is 22.7 Å². The molecule has 1 amide bonds. The van der Waals surface area contributed by atoms with E-state index in [1.807, 2.05) is 27.4 Å². The third-order valence-electron chi connectivity index (χ3n) is 5.02. The number of hydrogen-bond acceptors (Lipinski definition) is 7. The molecule has 3 heterocycles. The minimum atomic E-state index is -3.54. The Morgan fingerprint density at radius 2 is 1.88 bits per heavy atom. The Balaban J connectivity index is 1.38. The van der Waals surface area contributed by atoms with Gasteiger partial charge in [-0.3, -0.25) is 4.79 Å². The molecule has 3 aromatic heterocycles. The highest BCUT2D eigenvalue weighted by Gasteiger charge is 2.21. The zero-order valence-corrected chi connectivity index (χ0v) is 20.1. The Hall–Kier alpha value is -2.60. The number of carbonyl (C=O) groups is 1. The molecule has 0 aliphatic rings. The van der Waals surface area contributed by atoms with Crippen molar-refractivity contribution in [3.05, 3.63) is 58.4 Å². The summed E-state index contributed by atoms with van der Waals surface area (Å²) in [6, 6.07) is 10.00. The van der Waals surface area contributed by atoms with E-state index in [4.69, 9.17) is 0 Å². The quantitative estimate of drug-likeness (QED) is 0.388. The SMILES string of the molecule is CCN(CC)S(=O)(=O)c1ccc(C(=O)NCCc2csc3nc(-c4cccs4)nn23)cc1. The lowest BCUT2D eigenvalue weighted by atomic mass is 10.2. The van der Waals surface area contributed by atoms with Crippen molar-refractivity contribution in [2.45, 2.75) is 25.2 Å². The van der Waals surface area contributed by atoms with Gasteiger partial charge >= 0.3 is 0 Å². The van der Waals surface area contributed by atoms with E-state index >= 15 is 0 Å². The molecule has 32 heavy (non-hydrogen) atoms. The van der Waals surface area contributed by atoms with Crippen molar-refractivity contribution in [2.75, 3.05) is 19.6 Å². The number of nitrogens with one attached hydrogen (secondary N) is 1. The van der Waals surface area contributed by atoms with E-state index in [1.54, 1.807) is 37.3 Å². The van der Waals surface area contributed by atoms with Crippen LogP contribution in [0.5, 0.6) is 0 Å². The first-order valence-corrected chi connectivity index (χ1v) is 13.4. The molecule has 0 unspecified atom stereocenters. The van der Waals surface area contributed by atoms with Crippen LogP contribution in [0.15, 0.2) is 52.1 Å². The van der Waals surface area contributed by atoms with Gasteiger partial charge in [0.05, 0.1) is 15.5 Å². The van der Waals surface area contributed by atoms with Crippen LogP contribution in [0.4, 0.5) is 0 Å². The molecule has 11 heteroatoms. The lowest BCUT2D eigenvalue weighted by Gasteiger charge is -2.18. The molecule has 1 N–H and O–H groups in total. The molecule has 0 spiro atoms. The Bertz CT molecular complexity index is 1300. The largest absolute Gasteiger partial charge is 0.352 e.